The maximum absolute atomic E-state index is 11.9. The second-order valence-electron chi connectivity index (χ2n) is 3.99. The van der Waals surface area contributed by atoms with Gasteiger partial charge in [0.25, 0.3) is 0 Å². The van der Waals surface area contributed by atoms with E-state index in [0.29, 0.717) is 5.56 Å². The Bertz CT molecular complexity index is 617. The zero-order valence-electron chi connectivity index (χ0n) is 10.3. The first-order valence-electron chi connectivity index (χ1n) is 5.69. The molecule has 2 rings (SSSR count). The maximum Gasteiger partial charge on any atom is 0.343 e. The molecule has 0 spiro atoms. The van der Waals surface area contributed by atoms with E-state index in [2.05, 4.69) is 0 Å². The summed E-state index contributed by atoms with van der Waals surface area (Å²) in [7, 11) is 0. The minimum absolute atomic E-state index is 0.0568. The highest BCUT2D eigenvalue weighted by atomic mass is 16.5. The van der Waals surface area contributed by atoms with Crippen LogP contribution in [0.3, 0.4) is 0 Å². The predicted octanol–water partition coefficient (Wildman–Crippen LogP) is 2.81. The van der Waals surface area contributed by atoms with Crippen LogP contribution >= 0.6 is 0 Å². The number of carbonyl (C=O) groups excluding carboxylic acids is 2. The van der Waals surface area contributed by atoms with Crippen molar-refractivity contribution in [1.29, 1.82) is 0 Å². The molecule has 19 heavy (non-hydrogen) atoms. The lowest BCUT2D eigenvalue weighted by Gasteiger charge is -2.08. The number of hydrogen-bond acceptors (Lipinski definition) is 4. The van der Waals surface area contributed by atoms with Crippen LogP contribution in [0.1, 0.15) is 27.6 Å². The van der Waals surface area contributed by atoms with Crippen LogP contribution < -0.4 is 4.74 Å². The van der Waals surface area contributed by atoms with Crippen LogP contribution in [0.4, 0.5) is 0 Å². The predicted molar refractivity (Wildman–Crippen MR) is 69.5 cm³/mol. The van der Waals surface area contributed by atoms with Gasteiger partial charge in [-0.2, -0.15) is 0 Å². The van der Waals surface area contributed by atoms with Crippen molar-refractivity contribution in [3.63, 3.8) is 0 Å². The van der Waals surface area contributed by atoms with Crippen molar-refractivity contribution in [3.8, 4) is 11.5 Å². The highest BCUT2D eigenvalue weighted by molar-refractivity contribution is 5.99. The first kappa shape index (κ1) is 12.8. The smallest absolute Gasteiger partial charge is 0.343 e. The van der Waals surface area contributed by atoms with Crippen molar-refractivity contribution in [3.05, 3.63) is 59.7 Å². The molecule has 0 saturated heterocycles. The highest BCUT2D eigenvalue weighted by Gasteiger charge is 2.14. The summed E-state index contributed by atoms with van der Waals surface area (Å²) in [6, 6.07) is 12.5. The summed E-state index contributed by atoms with van der Waals surface area (Å²) in [6.45, 7) is 1.37. The molecule has 0 atom stereocenters. The van der Waals surface area contributed by atoms with Gasteiger partial charge in [-0.1, -0.05) is 18.2 Å². The van der Waals surface area contributed by atoms with Crippen LogP contribution in [-0.4, -0.2) is 16.9 Å². The lowest BCUT2D eigenvalue weighted by atomic mass is 10.1. The summed E-state index contributed by atoms with van der Waals surface area (Å²) in [5, 5.41) is 9.40. The van der Waals surface area contributed by atoms with Gasteiger partial charge in [0.05, 0.1) is 11.1 Å². The molecule has 0 heterocycles. The van der Waals surface area contributed by atoms with Gasteiger partial charge >= 0.3 is 5.97 Å². The van der Waals surface area contributed by atoms with E-state index in [4.69, 9.17) is 4.74 Å². The quantitative estimate of drug-likeness (QED) is 0.521. The Kier molecular flexibility index (Phi) is 3.61. The number of benzene rings is 2. The molecule has 2 aromatic rings. The molecule has 96 valence electrons. The van der Waals surface area contributed by atoms with Crippen LogP contribution in [0, 0.1) is 0 Å². The first-order valence-corrected chi connectivity index (χ1v) is 5.69. The monoisotopic (exact) mass is 256 g/mol. The zero-order chi connectivity index (χ0) is 13.8. The molecule has 0 radical (unpaired) electrons. The number of ketones is 1. The number of ether oxygens (including phenoxy) is 1. The SMILES string of the molecule is CC(=O)c1ccc(O)cc1OC(=O)c1ccccc1. The van der Waals surface area contributed by atoms with Crippen molar-refractivity contribution in [2.24, 2.45) is 0 Å². The van der Waals surface area contributed by atoms with Crippen LogP contribution in [0.5, 0.6) is 11.5 Å². The fourth-order valence-corrected chi connectivity index (χ4v) is 1.62. The molecule has 0 aliphatic heterocycles. The number of aromatic hydroxyl groups is 1. The molecule has 4 heteroatoms. The average molecular weight is 256 g/mol. The van der Waals surface area contributed by atoms with Crippen LogP contribution in [0.25, 0.3) is 0 Å². The second kappa shape index (κ2) is 5.35. The van der Waals surface area contributed by atoms with Crippen molar-refractivity contribution in [2.75, 3.05) is 0 Å². The molecule has 0 fully saturated rings. The number of carbonyl (C=O) groups is 2. The van der Waals surface area contributed by atoms with E-state index in [-0.39, 0.29) is 22.8 Å². The van der Waals surface area contributed by atoms with Crippen molar-refractivity contribution in [1.82, 2.24) is 0 Å². The summed E-state index contributed by atoms with van der Waals surface area (Å²) in [6.07, 6.45) is 0. The molecule has 2 aromatic carbocycles. The van der Waals surface area contributed by atoms with Gasteiger partial charge < -0.3 is 9.84 Å². The number of esters is 1. The van der Waals surface area contributed by atoms with Gasteiger partial charge in [-0.05, 0) is 31.2 Å². The van der Waals surface area contributed by atoms with E-state index >= 15 is 0 Å². The summed E-state index contributed by atoms with van der Waals surface area (Å²) in [4.78, 5) is 23.3. The van der Waals surface area contributed by atoms with E-state index in [1.807, 2.05) is 0 Å². The molecule has 0 bridgehead atoms. The Labute approximate surface area is 110 Å². The van der Waals surface area contributed by atoms with E-state index in [1.54, 1.807) is 30.3 Å². The van der Waals surface area contributed by atoms with Crippen LogP contribution in [-0.2, 0) is 0 Å². The van der Waals surface area contributed by atoms with Crippen molar-refractivity contribution >= 4 is 11.8 Å². The Morgan fingerprint density at radius 3 is 2.37 bits per heavy atom. The lowest BCUT2D eigenvalue weighted by molar-refractivity contribution is 0.0732. The van der Waals surface area contributed by atoms with E-state index in [0.717, 1.165) is 0 Å². The van der Waals surface area contributed by atoms with Gasteiger partial charge in [0.2, 0.25) is 0 Å². The standard InChI is InChI=1S/C15H12O4/c1-10(16)13-8-7-12(17)9-14(13)19-15(18)11-5-3-2-4-6-11/h2-9,17H,1H3. The maximum atomic E-state index is 11.9. The third-order valence-electron chi connectivity index (χ3n) is 2.56. The van der Waals surface area contributed by atoms with E-state index < -0.39 is 5.97 Å². The molecule has 0 unspecified atom stereocenters. The number of Topliss-reactive ketones (excluding diaryl/α,β-unsaturated/α-hetero) is 1. The molecular formula is C15H12O4. The first-order chi connectivity index (χ1) is 9.08. The topological polar surface area (TPSA) is 63.6 Å². The Balaban J connectivity index is 2.31. The van der Waals surface area contributed by atoms with Gasteiger partial charge in [0.15, 0.2) is 5.78 Å². The van der Waals surface area contributed by atoms with E-state index in [1.165, 1.54) is 25.1 Å². The fraction of sp³-hybridized carbons (Fsp3) is 0.0667. The summed E-state index contributed by atoms with van der Waals surface area (Å²) >= 11 is 0. The van der Waals surface area contributed by atoms with Crippen molar-refractivity contribution < 1.29 is 19.4 Å². The molecule has 4 nitrogen and oxygen atoms in total. The molecule has 0 aromatic heterocycles. The molecule has 0 aliphatic carbocycles. The van der Waals surface area contributed by atoms with Gasteiger partial charge in [-0.3, -0.25) is 4.79 Å². The van der Waals surface area contributed by atoms with Gasteiger partial charge in [-0.15, -0.1) is 0 Å². The van der Waals surface area contributed by atoms with Gasteiger partial charge in [-0.25, -0.2) is 4.79 Å². The minimum Gasteiger partial charge on any atom is -0.508 e. The molecule has 0 aliphatic rings. The number of phenols is 1. The molecular weight excluding hydrogens is 244 g/mol. The second-order valence-corrected chi connectivity index (χ2v) is 3.99. The molecule has 0 amide bonds. The van der Waals surface area contributed by atoms with Gasteiger partial charge in [0.1, 0.15) is 11.5 Å². The Hall–Kier alpha value is -2.62. The molecule has 1 N–H and O–H groups in total. The largest absolute Gasteiger partial charge is 0.508 e. The summed E-state index contributed by atoms with van der Waals surface area (Å²) < 4.78 is 5.15. The summed E-state index contributed by atoms with van der Waals surface area (Å²) in [5.41, 5.74) is 0.627. The van der Waals surface area contributed by atoms with Crippen LogP contribution in [0.2, 0.25) is 0 Å². The summed E-state index contributed by atoms with van der Waals surface area (Å²) in [5.74, 6) is -0.827. The Morgan fingerprint density at radius 2 is 1.74 bits per heavy atom. The third-order valence-corrected chi connectivity index (χ3v) is 2.56. The lowest BCUT2D eigenvalue weighted by Crippen LogP contribution is -2.10. The van der Waals surface area contributed by atoms with Crippen molar-refractivity contribution in [2.45, 2.75) is 6.92 Å². The minimum atomic E-state index is -0.575. The zero-order valence-corrected chi connectivity index (χ0v) is 10.3. The fourth-order valence-electron chi connectivity index (χ4n) is 1.62. The van der Waals surface area contributed by atoms with E-state index in [9.17, 15) is 14.7 Å². The third kappa shape index (κ3) is 2.98. The normalized spacial score (nSPS) is 9.95. The highest BCUT2D eigenvalue weighted by Crippen LogP contribution is 2.25. The number of rotatable bonds is 3. The molecule has 0 saturated carbocycles. The average Bonchev–Trinajstić information content (AvgIpc) is 2.39. The van der Waals surface area contributed by atoms with Gasteiger partial charge in [0, 0.05) is 6.07 Å². The number of hydrogen-bond donors (Lipinski definition) is 1. The van der Waals surface area contributed by atoms with Crippen LogP contribution in [0.15, 0.2) is 48.5 Å². The Morgan fingerprint density at radius 1 is 1.05 bits per heavy atom. The number of phenolic OH excluding ortho intramolecular Hbond substituents is 1.